The maximum Gasteiger partial charge on any atom is 0.203 e. The zero-order valence-electron chi connectivity index (χ0n) is 16.8. The Bertz CT molecular complexity index is 1300. The topological polar surface area (TPSA) is 96.6 Å². The Kier molecular flexibility index (Phi) is 5.09. The minimum absolute atomic E-state index is 0.294. The van der Waals surface area contributed by atoms with Crippen LogP contribution in [-0.4, -0.2) is 35.9 Å². The van der Waals surface area contributed by atoms with Crippen molar-refractivity contribution in [3.8, 4) is 34.6 Å². The van der Waals surface area contributed by atoms with Crippen molar-refractivity contribution >= 4 is 17.2 Å². The predicted octanol–water partition coefficient (Wildman–Crippen LogP) is 4.25. The van der Waals surface area contributed by atoms with Gasteiger partial charge in [0, 0.05) is 17.3 Å². The molecular formula is C21H17F2N5O3. The van der Waals surface area contributed by atoms with E-state index in [1.807, 2.05) is 0 Å². The van der Waals surface area contributed by atoms with Crippen molar-refractivity contribution in [3.63, 3.8) is 0 Å². The molecule has 8 nitrogen and oxygen atoms in total. The normalized spacial score (nSPS) is 10.7. The lowest BCUT2D eigenvalue weighted by molar-refractivity contribution is 0.324. The Balaban J connectivity index is 1.94. The molecule has 10 heteroatoms. The highest BCUT2D eigenvalue weighted by Gasteiger charge is 2.21. The molecule has 2 aromatic carbocycles. The summed E-state index contributed by atoms with van der Waals surface area (Å²) in [5.41, 5.74) is 2.17. The summed E-state index contributed by atoms with van der Waals surface area (Å²) in [4.78, 5) is 3.16. The van der Waals surface area contributed by atoms with Crippen LogP contribution in [0.4, 0.5) is 20.3 Å². The molecule has 0 amide bonds. The van der Waals surface area contributed by atoms with E-state index in [-0.39, 0.29) is 0 Å². The standard InChI is InChI=1S/C21H17F2N5O3/c1-29-16-6-11(7-17(30-2)19(16)31-3)18-21(26-13-4-5-14(22)15(23)8-13)28-20(27-18)12(9-24)10-25-28/h4-8,10,26-27H,1-3H3. The molecule has 0 unspecified atom stereocenters. The Labute approximate surface area is 175 Å². The first-order valence-corrected chi connectivity index (χ1v) is 9.03. The molecule has 0 saturated carbocycles. The first kappa shape index (κ1) is 20.0. The number of imidazole rings is 1. The van der Waals surface area contributed by atoms with Gasteiger partial charge in [-0.25, -0.2) is 8.78 Å². The monoisotopic (exact) mass is 425 g/mol. The summed E-state index contributed by atoms with van der Waals surface area (Å²) in [5, 5.41) is 16.7. The number of hydrogen-bond acceptors (Lipinski definition) is 6. The molecule has 4 rings (SSSR count). The fourth-order valence-corrected chi connectivity index (χ4v) is 3.26. The molecule has 0 radical (unpaired) electrons. The Morgan fingerprint density at radius 3 is 2.32 bits per heavy atom. The van der Waals surface area contributed by atoms with Crippen molar-refractivity contribution in [2.75, 3.05) is 26.6 Å². The average molecular weight is 425 g/mol. The fraction of sp³-hybridized carbons (Fsp3) is 0.143. The van der Waals surface area contributed by atoms with E-state index < -0.39 is 11.6 Å². The molecule has 2 N–H and O–H groups in total. The molecule has 0 aliphatic carbocycles. The number of hydrogen-bond donors (Lipinski definition) is 2. The Morgan fingerprint density at radius 1 is 1.03 bits per heavy atom. The summed E-state index contributed by atoms with van der Waals surface area (Å²) < 4.78 is 44.8. The second kappa shape index (κ2) is 7.87. The number of nitrogens with zero attached hydrogens (tertiary/aromatic N) is 3. The van der Waals surface area contributed by atoms with Gasteiger partial charge in [0.1, 0.15) is 11.6 Å². The lowest BCUT2D eigenvalue weighted by Crippen LogP contribution is -2.00. The van der Waals surface area contributed by atoms with Gasteiger partial charge in [0.2, 0.25) is 5.75 Å². The van der Waals surface area contributed by atoms with Gasteiger partial charge in [0.15, 0.2) is 34.6 Å². The van der Waals surface area contributed by atoms with Gasteiger partial charge in [-0.05, 0) is 24.3 Å². The quantitative estimate of drug-likeness (QED) is 0.480. The first-order valence-electron chi connectivity index (χ1n) is 9.03. The zero-order chi connectivity index (χ0) is 22.1. The number of benzene rings is 2. The van der Waals surface area contributed by atoms with Crippen molar-refractivity contribution in [3.05, 3.63) is 53.7 Å². The molecule has 158 valence electrons. The van der Waals surface area contributed by atoms with Gasteiger partial charge >= 0.3 is 0 Å². The van der Waals surface area contributed by atoms with Crippen LogP contribution >= 0.6 is 0 Å². The smallest absolute Gasteiger partial charge is 0.203 e. The summed E-state index contributed by atoms with van der Waals surface area (Å²) in [6.45, 7) is 0. The van der Waals surface area contributed by atoms with Gasteiger partial charge in [0.25, 0.3) is 0 Å². The molecule has 0 aliphatic heterocycles. The first-order chi connectivity index (χ1) is 15.0. The fourth-order valence-electron chi connectivity index (χ4n) is 3.26. The number of anilines is 2. The van der Waals surface area contributed by atoms with E-state index in [4.69, 9.17) is 14.2 Å². The number of halogens is 2. The zero-order valence-corrected chi connectivity index (χ0v) is 16.8. The number of aromatic nitrogens is 3. The lowest BCUT2D eigenvalue weighted by atomic mass is 10.1. The number of methoxy groups -OCH3 is 3. The largest absolute Gasteiger partial charge is 0.493 e. The highest BCUT2D eigenvalue weighted by molar-refractivity contribution is 5.83. The van der Waals surface area contributed by atoms with Crippen molar-refractivity contribution in [2.45, 2.75) is 0 Å². The van der Waals surface area contributed by atoms with E-state index >= 15 is 0 Å². The van der Waals surface area contributed by atoms with Gasteiger partial charge in [-0.3, -0.25) is 0 Å². The summed E-state index contributed by atoms with van der Waals surface area (Å²) in [6, 6.07) is 8.94. The second-order valence-electron chi connectivity index (χ2n) is 6.45. The maximum atomic E-state index is 13.7. The molecule has 0 fully saturated rings. The maximum absolute atomic E-state index is 13.7. The van der Waals surface area contributed by atoms with Crippen LogP contribution in [0.25, 0.3) is 16.9 Å². The van der Waals surface area contributed by atoms with Crippen molar-refractivity contribution in [1.82, 2.24) is 14.6 Å². The van der Waals surface area contributed by atoms with E-state index in [1.165, 1.54) is 38.1 Å². The SMILES string of the molecule is COc1cc(-c2[nH]c3c(C#N)cnn3c2Nc2ccc(F)c(F)c2)cc(OC)c1OC. The highest BCUT2D eigenvalue weighted by Crippen LogP contribution is 2.43. The lowest BCUT2D eigenvalue weighted by Gasteiger charge is -2.14. The average Bonchev–Trinajstić information content (AvgIpc) is 3.34. The molecule has 0 saturated heterocycles. The minimum Gasteiger partial charge on any atom is -0.493 e. The number of rotatable bonds is 6. The molecule has 31 heavy (non-hydrogen) atoms. The van der Waals surface area contributed by atoms with Crippen LogP contribution in [0.3, 0.4) is 0 Å². The van der Waals surface area contributed by atoms with E-state index in [2.05, 4.69) is 21.5 Å². The highest BCUT2D eigenvalue weighted by atomic mass is 19.2. The Morgan fingerprint density at radius 2 is 1.74 bits per heavy atom. The van der Waals surface area contributed by atoms with E-state index in [1.54, 1.807) is 12.1 Å². The molecule has 2 heterocycles. The van der Waals surface area contributed by atoms with Crippen molar-refractivity contribution in [1.29, 1.82) is 5.26 Å². The second-order valence-corrected chi connectivity index (χ2v) is 6.45. The molecule has 2 aromatic heterocycles. The van der Waals surface area contributed by atoms with Gasteiger partial charge < -0.3 is 24.5 Å². The van der Waals surface area contributed by atoms with Gasteiger partial charge in [-0.2, -0.15) is 14.9 Å². The minimum atomic E-state index is -0.996. The van der Waals surface area contributed by atoms with Gasteiger partial charge in [-0.1, -0.05) is 0 Å². The van der Waals surface area contributed by atoms with E-state index in [0.717, 1.165) is 12.1 Å². The van der Waals surface area contributed by atoms with Crippen LogP contribution in [0.2, 0.25) is 0 Å². The third-order valence-electron chi connectivity index (χ3n) is 4.72. The molecular weight excluding hydrogens is 408 g/mol. The molecule has 0 spiro atoms. The number of nitriles is 1. The van der Waals surface area contributed by atoms with Crippen LogP contribution in [0.15, 0.2) is 36.5 Å². The molecule has 0 bridgehead atoms. The van der Waals surface area contributed by atoms with Crippen LogP contribution in [0.1, 0.15) is 5.56 Å². The number of aromatic amines is 1. The number of nitrogens with one attached hydrogen (secondary N) is 2. The molecule has 0 atom stereocenters. The predicted molar refractivity (Wildman–Crippen MR) is 109 cm³/mol. The van der Waals surface area contributed by atoms with Gasteiger partial charge in [-0.15, -0.1) is 0 Å². The summed E-state index contributed by atoms with van der Waals surface area (Å²) in [7, 11) is 4.49. The summed E-state index contributed by atoms with van der Waals surface area (Å²) in [6.07, 6.45) is 1.40. The number of fused-ring (bicyclic) bond motifs is 1. The Hall–Kier alpha value is -4.26. The van der Waals surface area contributed by atoms with Gasteiger partial charge in [0.05, 0.1) is 33.2 Å². The summed E-state index contributed by atoms with van der Waals surface area (Å²) in [5.74, 6) is -0.300. The van der Waals surface area contributed by atoms with Crippen molar-refractivity contribution < 1.29 is 23.0 Å². The summed E-state index contributed by atoms with van der Waals surface area (Å²) >= 11 is 0. The third-order valence-corrected chi connectivity index (χ3v) is 4.72. The van der Waals surface area contributed by atoms with E-state index in [0.29, 0.717) is 51.2 Å². The van der Waals surface area contributed by atoms with Crippen LogP contribution in [-0.2, 0) is 0 Å². The number of H-pyrrole nitrogens is 1. The third kappa shape index (κ3) is 3.36. The van der Waals surface area contributed by atoms with Crippen LogP contribution in [0.5, 0.6) is 17.2 Å². The molecule has 0 aliphatic rings. The number of ether oxygens (including phenoxy) is 3. The van der Waals surface area contributed by atoms with Crippen LogP contribution in [0, 0.1) is 23.0 Å². The van der Waals surface area contributed by atoms with Crippen LogP contribution < -0.4 is 19.5 Å². The van der Waals surface area contributed by atoms with E-state index in [9.17, 15) is 14.0 Å². The molecule has 4 aromatic rings. The van der Waals surface area contributed by atoms with Crippen molar-refractivity contribution in [2.24, 2.45) is 0 Å².